The van der Waals surface area contributed by atoms with Crippen LogP contribution in [-0.4, -0.2) is 73.6 Å². The molecule has 16 heteroatoms. The number of methoxy groups -OCH3 is 1. The Hall–Kier alpha value is -4.84. The molecule has 51 heavy (non-hydrogen) atoms. The number of ether oxygens (including phenoxy) is 6. The van der Waals surface area contributed by atoms with Crippen molar-refractivity contribution < 1.29 is 63.2 Å². The minimum atomic E-state index is -4.70. The summed E-state index contributed by atoms with van der Waals surface area (Å²) in [6.07, 6.45) is -11.5. The lowest BCUT2D eigenvalue weighted by Crippen LogP contribution is -2.63. The fourth-order valence-electron chi connectivity index (χ4n) is 4.85. The first-order chi connectivity index (χ1) is 24.3. The highest BCUT2D eigenvalue weighted by atomic mass is 32.2. The Kier molecular flexibility index (Phi) is 12.1. The quantitative estimate of drug-likeness (QED) is 0.104. The topological polar surface area (TPSA) is 176 Å². The maximum atomic E-state index is 13.7. The number of benzene rings is 4. The molecule has 4 aromatic carbocycles. The molecule has 0 amide bonds. The molecule has 0 aromatic heterocycles. The summed E-state index contributed by atoms with van der Waals surface area (Å²) in [5.74, 6) is 0.157. The summed E-state index contributed by atoms with van der Waals surface area (Å²) in [6, 6.07) is 27.0. The third kappa shape index (κ3) is 9.90. The second kappa shape index (κ2) is 16.5. The first kappa shape index (κ1) is 37.4. The van der Waals surface area contributed by atoms with Crippen LogP contribution in [0.2, 0.25) is 0 Å². The summed E-state index contributed by atoms with van der Waals surface area (Å²) in [6.45, 7) is 2.65. The number of hydrogen-bond donors (Lipinski definition) is 0. The van der Waals surface area contributed by atoms with Crippen molar-refractivity contribution in [1.29, 1.82) is 0 Å². The molecule has 5 rings (SSSR count). The fraction of sp³-hybridized carbons (Fsp3) is 0.257. The van der Waals surface area contributed by atoms with E-state index in [1.54, 1.807) is 62.4 Å². The molecule has 0 radical (unpaired) electrons. The minimum Gasteiger partial charge on any atom is -0.424 e. The van der Waals surface area contributed by atoms with Crippen molar-refractivity contribution in [2.24, 2.45) is 0 Å². The van der Waals surface area contributed by atoms with Gasteiger partial charge in [0.25, 0.3) is 20.2 Å². The normalized spacial score (nSPS) is 20.6. The smallest absolute Gasteiger partial charge is 0.424 e. The monoisotopic (exact) mass is 742 g/mol. The van der Waals surface area contributed by atoms with Crippen molar-refractivity contribution in [2.45, 2.75) is 54.3 Å². The minimum absolute atomic E-state index is 0.0626. The first-order valence-corrected chi connectivity index (χ1v) is 18.2. The number of hydrogen-bond acceptors (Lipinski definition) is 14. The van der Waals surface area contributed by atoms with Crippen LogP contribution in [0.1, 0.15) is 11.1 Å². The molecule has 4 aromatic rings. The summed E-state index contributed by atoms with van der Waals surface area (Å²) in [5.41, 5.74) is 1.54. The van der Waals surface area contributed by atoms with Gasteiger partial charge in [-0.3, -0.25) is 8.37 Å². The Balaban J connectivity index is 1.52. The lowest BCUT2D eigenvalue weighted by molar-refractivity contribution is -0.289. The van der Waals surface area contributed by atoms with E-state index < -0.39 is 69.9 Å². The fourth-order valence-corrected chi connectivity index (χ4v) is 6.88. The zero-order valence-corrected chi connectivity index (χ0v) is 29.2. The van der Waals surface area contributed by atoms with Crippen molar-refractivity contribution in [1.82, 2.24) is 0 Å². The third-order valence-electron chi connectivity index (χ3n) is 7.42. The van der Waals surface area contributed by atoms with E-state index in [1.807, 2.05) is 0 Å². The van der Waals surface area contributed by atoms with Crippen LogP contribution >= 0.6 is 0 Å². The molecule has 0 saturated carbocycles. The van der Waals surface area contributed by atoms with Gasteiger partial charge in [-0.2, -0.15) is 16.8 Å². The predicted molar refractivity (Wildman–Crippen MR) is 178 cm³/mol. The van der Waals surface area contributed by atoms with Gasteiger partial charge in [0.15, 0.2) is 18.5 Å². The van der Waals surface area contributed by atoms with Gasteiger partial charge in [0.05, 0.1) is 16.4 Å². The molecule has 0 bridgehead atoms. The Morgan fingerprint density at radius 3 is 1.53 bits per heavy atom. The van der Waals surface area contributed by atoms with E-state index >= 15 is 0 Å². The first-order valence-electron chi connectivity index (χ1n) is 15.4. The van der Waals surface area contributed by atoms with Crippen molar-refractivity contribution in [2.75, 3.05) is 13.7 Å². The van der Waals surface area contributed by atoms with Crippen LogP contribution in [0.15, 0.2) is 119 Å². The molecule has 0 aliphatic carbocycles. The van der Waals surface area contributed by atoms with Crippen LogP contribution in [-0.2, 0) is 47.5 Å². The highest BCUT2D eigenvalue weighted by Gasteiger charge is 2.54. The van der Waals surface area contributed by atoms with Gasteiger partial charge in [-0.15, -0.1) is 0 Å². The number of carbonyl (C=O) groups excluding carboxylic acids is 2. The van der Waals surface area contributed by atoms with E-state index in [9.17, 15) is 26.4 Å². The van der Waals surface area contributed by atoms with E-state index in [0.29, 0.717) is 0 Å². The van der Waals surface area contributed by atoms with Gasteiger partial charge in [0.2, 0.25) is 0 Å². The predicted octanol–water partition coefficient (Wildman–Crippen LogP) is 5.32. The SMILES string of the molecule is CO[C@@H]1O[C@@H](COS(=O)(=O)c2ccc(C)cc2)[C@@H](OS(=O)(=O)c2ccc(C)cc2)[C@H](OC(=O)Oc2ccccc2)[C@@H]1OC(=O)Oc1ccccc1. The third-order valence-corrected chi connectivity index (χ3v) is 10.0. The van der Waals surface area contributed by atoms with Gasteiger partial charge < -0.3 is 28.4 Å². The van der Waals surface area contributed by atoms with E-state index in [0.717, 1.165) is 18.2 Å². The molecule has 0 unspecified atom stereocenters. The van der Waals surface area contributed by atoms with E-state index in [2.05, 4.69) is 0 Å². The van der Waals surface area contributed by atoms with Crippen molar-refractivity contribution in [3.8, 4) is 11.5 Å². The summed E-state index contributed by atoms with van der Waals surface area (Å²) >= 11 is 0. The molecular weight excluding hydrogens is 709 g/mol. The van der Waals surface area contributed by atoms with Crippen molar-refractivity contribution in [3.05, 3.63) is 120 Å². The van der Waals surface area contributed by atoms with Crippen LogP contribution in [0.5, 0.6) is 11.5 Å². The molecule has 1 saturated heterocycles. The lowest BCUT2D eigenvalue weighted by Gasteiger charge is -2.43. The zero-order chi connectivity index (χ0) is 36.6. The van der Waals surface area contributed by atoms with Crippen LogP contribution in [0.4, 0.5) is 9.59 Å². The van der Waals surface area contributed by atoms with Gasteiger partial charge in [0, 0.05) is 7.11 Å². The molecule has 1 fully saturated rings. The van der Waals surface area contributed by atoms with Crippen molar-refractivity contribution in [3.63, 3.8) is 0 Å². The second-order valence-electron chi connectivity index (χ2n) is 11.2. The van der Waals surface area contributed by atoms with Crippen LogP contribution < -0.4 is 9.47 Å². The average Bonchev–Trinajstić information content (AvgIpc) is 3.10. The molecule has 5 atom stereocenters. The average molecular weight is 743 g/mol. The molecule has 14 nitrogen and oxygen atoms in total. The highest BCUT2D eigenvalue weighted by molar-refractivity contribution is 7.87. The Labute approximate surface area is 295 Å². The van der Waals surface area contributed by atoms with Gasteiger partial charge in [-0.05, 0) is 62.4 Å². The van der Waals surface area contributed by atoms with Gasteiger partial charge in [-0.1, -0.05) is 71.8 Å². The molecule has 0 spiro atoms. The lowest BCUT2D eigenvalue weighted by atomic mass is 9.99. The van der Waals surface area contributed by atoms with E-state index in [-0.39, 0.29) is 21.3 Å². The molecular formula is C35H34O14S2. The highest BCUT2D eigenvalue weighted by Crippen LogP contribution is 2.33. The largest absolute Gasteiger partial charge is 0.514 e. The molecule has 270 valence electrons. The number of rotatable bonds is 12. The van der Waals surface area contributed by atoms with Crippen molar-refractivity contribution >= 4 is 32.5 Å². The Bertz CT molecular complexity index is 1990. The van der Waals surface area contributed by atoms with E-state index in [1.165, 1.54) is 60.7 Å². The molecule has 1 aliphatic heterocycles. The maximum absolute atomic E-state index is 13.7. The number of aryl methyl sites for hydroxylation is 2. The summed E-state index contributed by atoms with van der Waals surface area (Å²) < 4.78 is 97.7. The Morgan fingerprint density at radius 2 is 1.06 bits per heavy atom. The molecule has 0 N–H and O–H groups in total. The summed E-state index contributed by atoms with van der Waals surface area (Å²) in [4.78, 5) is 25.8. The van der Waals surface area contributed by atoms with Gasteiger partial charge in [0.1, 0.15) is 23.7 Å². The van der Waals surface area contributed by atoms with Crippen LogP contribution in [0.3, 0.4) is 0 Å². The summed E-state index contributed by atoms with van der Waals surface area (Å²) in [7, 11) is -7.98. The summed E-state index contributed by atoms with van der Waals surface area (Å²) in [5, 5.41) is 0. The standard InChI is InChI=1S/C35H34O14S2/c1-23-14-18-27(19-15-23)50(38,39)43-22-29-30(49-51(40,41)28-20-16-24(2)17-21-28)31(47-34(36)44-25-10-6-4-7-11-25)32(33(42-3)46-29)48-35(37)45-26-12-8-5-9-13-26/h4-21,29-33H,22H2,1-3H3/t29-,30+,31-,32-,33+/m0/s1. The van der Waals surface area contributed by atoms with Crippen LogP contribution in [0.25, 0.3) is 0 Å². The molecule has 1 heterocycles. The number of carbonyl (C=O) groups is 2. The van der Waals surface area contributed by atoms with Crippen LogP contribution in [0, 0.1) is 13.8 Å². The second-order valence-corrected chi connectivity index (χ2v) is 14.3. The van der Waals surface area contributed by atoms with Gasteiger partial charge >= 0.3 is 12.3 Å². The number of para-hydroxylation sites is 2. The zero-order valence-electron chi connectivity index (χ0n) is 27.5. The van der Waals surface area contributed by atoms with Gasteiger partial charge in [-0.25, -0.2) is 9.59 Å². The molecule has 1 aliphatic rings. The van der Waals surface area contributed by atoms with E-state index in [4.69, 9.17) is 36.8 Å². The Morgan fingerprint density at radius 1 is 0.608 bits per heavy atom. The maximum Gasteiger partial charge on any atom is 0.514 e.